The molecule has 0 radical (unpaired) electrons. The molecule has 0 fully saturated rings. The molecule has 100 valence electrons. The van der Waals surface area contributed by atoms with Gasteiger partial charge in [-0.2, -0.15) is 5.10 Å². The van der Waals surface area contributed by atoms with Crippen molar-refractivity contribution >= 4 is 5.71 Å². The zero-order valence-electron chi connectivity index (χ0n) is 11.9. The minimum Gasteiger partial charge on any atom is -0.305 e. The number of rotatable bonds is 4. The van der Waals surface area contributed by atoms with Crippen LogP contribution in [0.5, 0.6) is 0 Å². The summed E-state index contributed by atoms with van der Waals surface area (Å²) in [5.74, 6) is 0.459. The van der Waals surface area contributed by atoms with E-state index in [1.807, 2.05) is 6.07 Å². The van der Waals surface area contributed by atoms with Crippen LogP contribution in [-0.2, 0) is 0 Å². The second-order valence-corrected chi connectivity index (χ2v) is 5.92. The van der Waals surface area contributed by atoms with Gasteiger partial charge in [-0.05, 0) is 26.3 Å². The molecule has 1 N–H and O–H groups in total. The molecule has 0 atom stereocenters. The van der Waals surface area contributed by atoms with Crippen LogP contribution in [0, 0.1) is 5.92 Å². The van der Waals surface area contributed by atoms with Gasteiger partial charge in [-0.1, -0.05) is 54.6 Å². The summed E-state index contributed by atoms with van der Waals surface area (Å²) in [5.41, 5.74) is 5.52. The lowest BCUT2D eigenvalue weighted by molar-refractivity contribution is 0.440. The molecular weight excluding hydrogens is 232 g/mol. The molecule has 0 heterocycles. The molecule has 0 bridgehead atoms. The van der Waals surface area contributed by atoms with Gasteiger partial charge in [-0.3, -0.25) is 0 Å². The second kappa shape index (κ2) is 5.87. The highest BCUT2D eigenvalue weighted by Gasteiger charge is 2.13. The third kappa shape index (κ3) is 4.40. The van der Waals surface area contributed by atoms with E-state index in [4.69, 9.17) is 0 Å². The smallest absolute Gasteiger partial charge is 0.0684 e. The van der Waals surface area contributed by atoms with E-state index in [2.05, 4.69) is 79.9 Å². The Hall–Kier alpha value is -1.83. The monoisotopic (exact) mass is 254 g/mol. The Bertz CT molecular complexity index is 478. The van der Waals surface area contributed by atoms with Gasteiger partial charge in [0.1, 0.15) is 0 Å². The first-order valence-corrected chi connectivity index (χ1v) is 6.79. The molecule has 2 nitrogen and oxygen atoms in total. The summed E-state index contributed by atoms with van der Waals surface area (Å²) < 4.78 is 0. The fraction of sp³-hybridized carbons (Fsp3) is 0.353. The highest BCUT2D eigenvalue weighted by atomic mass is 15.3. The van der Waals surface area contributed by atoms with Gasteiger partial charge in [0.15, 0.2) is 0 Å². The van der Waals surface area contributed by atoms with E-state index in [9.17, 15) is 0 Å². The molecular formula is C17H22N2. The number of allylic oxidation sites excluding steroid dienone is 4. The Morgan fingerprint density at radius 1 is 1.11 bits per heavy atom. The molecule has 19 heavy (non-hydrogen) atoms. The first kappa shape index (κ1) is 13.6. The number of nitrogens with one attached hydrogen (secondary N) is 1. The van der Waals surface area contributed by atoms with Crippen LogP contribution in [0.3, 0.4) is 0 Å². The molecule has 0 spiro atoms. The average Bonchev–Trinajstić information content (AvgIpc) is 2.87. The van der Waals surface area contributed by atoms with Crippen LogP contribution in [-0.4, -0.2) is 11.3 Å². The van der Waals surface area contributed by atoms with Gasteiger partial charge >= 0.3 is 0 Å². The molecule has 2 rings (SSSR count). The van der Waals surface area contributed by atoms with Crippen molar-refractivity contribution in [1.29, 1.82) is 0 Å². The molecule has 1 aliphatic carbocycles. The Balaban J connectivity index is 2.18. The third-order valence-corrected chi connectivity index (χ3v) is 2.89. The van der Waals surface area contributed by atoms with Crippen molar-refractivity contribution in [1.82, 2.24) is 5.43 Å². The van der Waals surface area contributed by atoms with E-state index in [1.54, 1.807) is 0 Å². The quantitative estimate of drug-likeness (QED) is 0.639. The molecule has 0 amide bonds. The van der Waals surface area contributed by atoms with Crippen molar-refractivity contribution in [3.63, 3.8) is 0 Å². The molecule has 0 saturated heterocycles. The largest absolute Gasteiger partial charge is 0.305 e. The van der Waals surface area contributed by atoms with E-state index in [-0.39, 0.29) is 5.54 Å². The SMILES string of the molecule is CC(C)(C)NN=C(CC1C=CC=C1)c1ccccc1. The maximum absolute atomic E-state index is 4.63. The van der Waals surface area contributed by atoms with Crippen molar-refractivity contribution in [3.05, 3.63) is 60.2 Å². The fourth-order valence-corrected chi connectivity index (χ4v) is 1.93. The highest BCUT2D eigenvalue weighted by Crippen LogP contribution is 2.17. The van der Waals surface area contributed by atoms with E-state index in [1.165, 1.54) is 5.56 Å². The Kier molecular flexibility index (Phi) is 4.20. The van der Waals surface area contributed by atoms with Crippen molar-refractivity contribution < 1.29 is 0 Å². The number of benzene rings is 1. The Labute approximate surface area is 115 Å². The molecule has 1 aliphatic rings. The van der Waals surface area contributed by atoms with Crippen LogP contribution in [0.1, 0.15) is 32.8 Å². The zero-order chi connectivity index (χ0) is 13.7. The minimum absolute atomic E-state index is 0.0125. The summed E-state index contributed by atoms with van der Waals surface area (Å²) in [5, 5.41) is 4.63. The Morgan fingerprint density at radius 3 is 2.32 bits per heavy atom. The Morgan fingerprint density at radius 2 is 1.74 bits per heavy atom. The molecule has 0 aliphatic heterocycles. The fourth-order valence-electron chi connectivity index (χ4n) is 1.93. The zero-order valence-corrected chi connectivity index (χ0v) is 11.9. The van der Waals surface area contributed by atoms with E-state index in [0.717, 1.165) is 12.1 Å². The number of hydrazone groups is 1. The second-order valence-electron chi connectivity index (χ2n) is 5.92. The maximum atomic E-state index is 4.63. The third-order valence-electron chi connectivity index (χ3n) is 2.89. The topological polar surface area (TPSA) is 24.4 Å². The van der Waals surface area contributed by atoms with Gasteiger partial charge in [-0.15, -0.1) is 0 Å². The normalized spacial score (nSPS) is 16.1. The minimum atomic E-state index is -0.0125. The highest BCUT2D eigenvalue weighted by molar-refractivity contribution is 6.00. The van der Waals surface area contributed by atoms with Crippen LogP contribution in [0.2, 0.25) is 0 Å². The van der Waals surface area contributed by atoms with Crippen molar-refractivity contribution in [2.45, 2.75) is 32.7 Å². The summed E-state index contributed by atoms with van der Waals surface area (Å²) in [7, 11) is 0. The summed E-state index contributed by atoms with van der Waals surface area (Å²) >= 11 is 0. The molecule has 0 aromatic heterocycles. The first-order chi connectivity index (χ1) is 9.04. The van der Waals surface area contributed by atoms with Gasteiger partial charge in [0.25, 0.3) is 0 Å². The van der Waals surface area contributed by atoms with Crippen LogP contribution in [0.15, 0.2) is 59.7 Å². The average molecular weight is 254 g/mol. The lowest BCUT2D eigenvalue weighted by Gasteiger charge is -2.19. The molecule has 1 aromatic carbocycles. The molecule has 0 saturated carbocycles. The van der Waals surface area contributed by atoms with E-state index < -0.39 is 0 Å². The van der Waals surface area contributed by atoms with Gasteiger partial charge < -0.3 is 5.43 Å². The molecule has 1 aromatic rings. The lowest BCUT2D eigenvalue weighted by Crippen LogP contribution is -2.32. The lowest BCUT2D eigenvalue weighted by atomic mass is 9.99. The number of hydrogen-bond donors (Lipinski definition) is 1. The summed E-state index contributed by atoms with van der Waals surface area (Å²) in [6.45, 7) is 6.36. The van der Waals surface area contributed by atoms with Crippen LogP contribution >= 0.6 is 0 Å². The van der Waals surface area contributed by atoms with Gasteiger partial charge in [0, 0.05) is 17.9 Å². The maximum Gasteiger partial charge on any atom is 0.0684 e. The van der Waals surface area contributed by atoms with Gasteiger partial charge in [0.05, 0.1) is 5.71 Å². The summed E-state index contributed by atoms with van der Waals surface area (Å²) in [6, 6.07) is 10.4. The van der Waals surface area contributed by atoms with Crippen LogP contribution in [0.4, 0.5) is 0 Å². The number of hydrogen-bond acceptors (Lipinski definition) is 2. The van der Waals surface area contributed by atoms with Gasteiger partial charge in [-0.25, -0.2) is 0 Å². The standard InChI is InChI=1S/C17H22N2/c1-17(2,3)19-18-16(13-14-9-7-8-10-14)15-11-5-4-6-12-15/h4-12,14,19H,13H2,1-3H3. The van der Waals surface area contributed by atoms with Crippen molar-refractivity contribution in [2.24, 2.45) is 11.0 Å². The predicted molar refractivity (Wildman–Crippen MR) is 82.3 cm³/mol. The molecule has 2 heteroatoms. The summed E-state index contributed by atoms with van der Waals surface area (Å²) in [6.07, 6.45) is 9.57. The van der Waals surface area contributed by atoms with E-state index >= 15 is 0 Å². The first-order valence-electron chi connectivity index (χ1n) is 6.79. The summed E-state index contributed by atoms with van der Waals surface area (Å²) in [4.78, 5) is 0. The molecule has 0 unspecified atom stereocenters. The van der Waals surface area contributed by atoms with Crippen LogP contribution < -0.4 is 5.43 Å². The predicted octanol–water partition coefficient (Wildman–Crippen LogP) is 3.91. The van der Waals surface area contributed by atoms with E-state index in [0.29, 0.717) is 5.92 Å². The number of nitrogens with zero attached hydrogens (tertiary/aromatic N) is 1. The van der Waals surface area contributed by atoms with Crippen molar-refractivity contribution in [2.75, 3.05) is 0 Å². The van der Waals surface area contributed by atoms with Gasteiger partial charge in [0.2, 0.25) is 0 Å². The van der Waals surface area contributed by atoms with Crippen molar-refractivity contribution in [3.8, 4) is 0 Å². The van der Waals surface area contributed by atoms with Crippen LogP contribution in [0.25, 0.3) is 0 Å².